The Hall–Kier alpha value is -1.40. The summed E-state index contributed by atoms with van der Waals surface area (Å²) in [5, 5.41) is 0. The van der Waals surface area contributed by atoms with Crippen LogP contribution in [0.4, 0.5) is 0 Å². The first-order chi connectivity index (χ1) is 13.0. The van der Waals surface area contributed by atoms with Gasteiger partial charge in [-0.2, -0.15) is 0 Å². The molecule has 1 aromatic rings. The lowest BCUT2D eigenvalue weighted by molar-refractivity contribution is -0.142. The predicted octanol–water partition coefficient (Wildman–Crippen LogP) is 2.59. The zero-order chi connectivity index (χ0) is 19.4. The Bertz CT molecular complexity index is 605. The second kappa shape index (κ2) is 9.20. The summed E-state index contributed by atoms with van der Waals surface area (Å²) in [6, 6.07) is 0.728. The van der Waals surface area contributed by atoms with Crippen LogP contribution < -0.4 is 0 Å². The molecular weight excluding hydrogens is 338 g/mol. The van der Waals surface area contributed by atoms with Gasteiger partial charge in [-0.1, -0.05) is 0 Å². The van der Waals surface area contributed by atoms with Gasteiger partial charge < -0.3 is 9.47 Å². The third-order valence-electron chi connectivity index (χ3n) is 6.48. The van der Waals surface area contributed by atoms with Crippen LogP contribution in [0.3, 0.4) is 0 Å². The number of aryl methyl sites for hydroxylation is 1. The molecule has 0 bridgehead atoms. The molecule has 0 radical (unpaired) electrons. The number of amides is 1. The maximum atomic E-state index is 13.2. The zero-order valence-corrected chi connectivity index (χ0v) is 17.6. The van der Waals surface area contributed by atoms with E-state index >= 15 is 0 Å². The van der Waals surface area contributed by atoms with Crippen molar-refractivity contribution in [1.82, 2.24) is 24.3 Å². The van der Waals surface area contributed by atoms with E-state index in [1.54, 1.807) is 0 Å². The highest BCUT2D eigenvalue weighted by Crippen LogP contribution is 2.24. The molecule has 3 unspecified atom stereocenters. The smallest absolute Gasteiger partial charge is 0.240 e. The van der Waals surface area contributed by atoms with Crippen LogP contribution in [0.25, 0.3) is 0 Å². The monoisotopic (exact) mass is 375 g/mol. The van der Waals surface area contributed by atoms with Gasteiger partial charge in [0, 0.05) is 50.7 Å². The summed E-state index contributed by atoms with van der Waals surface area (Å²) >= 11 is 0. The van der Waals surface area contributed by atoms with E-state index in [9.17, 15) is 4.79 Å². The van der Waals surface area contributed by atoms with Gasteiger partial charge in [-0.05, 0) is 59.9 Å². The van der Waals surface area contributed by atoms with Crippen molar-refractivity contribution in [2.75, 3.05) is 26.2 Å². The summed E-state index contributed by atoms with van der Waals surface area (Å²) in [7, 11) is 0. The van der Waals surface area contributed by atoms with Crippen molar-refractivity contribution in [3.63, 3.8) is 0 Å². The molecule has 2 fully saturated rings. The average molecular weight is 376 g/mol. The quantitative estimate of drug-likeness (QED) is 0.793. The Labute approximate surface area is 164 Å². The maximum absolute atomic E-state index is 13.2. The summed E-state index contributed by atoms with van der Waals surface area (Å²) in [5.74, 6) is 1.47. The van der Waals surface area contributed by atoms with Crippen LogP contribution >= 0.6 is 0 Å². The number of piperidine rings is 1. The SMILES string of the molecule is CCn1ccnc1CN1CCCN(C(C)C(=O)N2C(C)CCCC2C)CC1. The van der Waals surface area contributed by atoms with E-state index in [2.05, 4.69) is 58.1 Å². The second-order valence-corrected chi connectivity index (χ2v) is 8.35. The fourth-order valence-electron chi connectivity index (χ4n) is 4.74. The molecule has 1 amide bonds. The number of carbonyl (C=O) groups excluding carboxylic acids is 1. The lowest BCUT2D eigenvalue weighted by Gasteiger charge is -2.42. The van der Waals surface area contributed by atoms with Crippen LogP contribution in [-0.4, -0.2) is 74.5 Å². The number of rotatable bonds is 5. The summed E-state index contributed by atoms with van der Waals surface area (Å²) in [6.45, 7) is 14.6. The standard InChI is InChI=1S/C21H37N5O/c1-5-24-13-10-22-20(24)16-23-11-7-12-25(15-14-23)19(4)21(27)26-17(2)8-6-9-18(26)3/h10,13,17-19H,5-9,11-12,14-16H2,1-4H3. The van der Waals surface area contributed by atoms with Gasteiger partial charge in [-0.3, -0.25) is 14.6 Å². The third kappa shape index (κ3) is 4.72. The van der Waals surface area contributed by atoms with E-state index in [0.717, 1.165) is 64.4 Å². The molecule has 27 heavy (non-hydrogen) atoms. The van der Waals surface area contributed by atoms with Crippen molar-refractivity contribution in [1.29, 1.82) is 0 Å². The van der Waals surface area contributed by atoms with Crippen LogP contribution in [0.1, 0.15) is 59.2 Å². The van der Waals surface area contributed by atoms with Crippen molar-refractivity contribution >= 4 is 5.91 Å². The molecular formula is C21H37N5O. The molecule has 2 saturated heterocycles. The lowest BCUT2D eigenvalue weighted by atomic mass is 9.96. The first kappa shape index (κ1) is 20.3. The average Bonchev–Trinajstić information content (AvgIpc) is 2.97. The molecule has 3 atom stereocenters. The van der Waals surface area contributed by atoms with Gasteiger partial charge in [0.15, 0.2) is 0 Å². The fraction of sp³-hybridized carbons (Fsp3) is 0.810. The van der Waals surface area contributed by atoms with Crippen molar-refractivity contribution in [2.45, 2.75) is 84.6 Å². The Balaban J connectivity index is 1.57. The maximum Gasteiger partial charge on any atom is 0.240 e. The molecule has 1 aromatic heterocycles. The van der Waals surface area contributed by atoms with Gasteiger partial charge in [0.25, 0.3) is 0 Å². The summed E-state index contributed by atoms with van der Waals surface area (Å²) in [6.07, 6.45) is 8.58. The van der Waals surface area contributed by atoms with Gasteiger partial charge in [-0.15, -0.1) is 0 Å². The molecule has 6 heteroatoms. The van der Waals surface area contributed by atoms with E-state index in [0.29, 0.717) is 18.0 Å². The predicted molar refractivity (Wildman–Crippen MR) is 108 cm³/mol. The minimum atomic E-state index is -0.0226. The molecule has 3 rings (SSSR count). The van der Waals surface area contributed by atoms with Crippen LogP contribution in [0.15, 0.2) is 12.4 Å². The highest BCUT2D eigenvalue weighted by molar-refractivity contribution is 5.82. The molecule has 6 nitrogen and oxygen atoms in total. The highest BCUT2D eigenvalue weighted by Gasteiger charge is 2.34. The Morgan fingerprint density at radius 2 is 1.89 bits per heavy atom. The molecule has 2 aliphatic rings. The van der Waals surface area contributed by atoms with Gasteiger partial charge in [0.2, 0.25) is 5.91 Å². The second-order valence-electron chi connectivity index (χ2n) is 8.35. The molecule has 0 aliphatic carbocycles. The highest BCUT2D eigenvalue weighted by atomic mass is 16.2. The molecule has 2 aliphatic heterocycles. The van der Waals surface area contributed by atoms with Crippen LogP contribution in [0.5, 0.6) is 0 Å². The Morgan fingerprint density at radius 1 is 1.15 bits per heavy atom. The van der Waals surface area contributed by atoms with Crippen molar-refractivity contribution in [3.8, 4) is 0 Å². The number of hydrogen-bond acceptors (Lipinski definition) is 4. The molecule has 3 heterocycles. The van der Waals surface area contributed by atoms with E-state index in [4.69, 9.17) is 0 Å². The van der Waals surface area contributed by atoms with Crippen LogP contribution in [0, 0.1) is 0 Å². The molecule has 152 valence electrons. The first-order valence-corrected chi connectivity index (χ1v) is 10.8. The lowest BCUT2D eigenvalue weighted by Crippen LogP contribution is -2.55. The van der Waals surface area contributed by atoms with Gasteiger partial charge >= 0.3 is 0 Å². The third-order valence-corrected chi connectivity index (χ3v) is 6.48. The summed E-state index contributed by atoms with van der Waals surface area (Å²) in [5.41, 5.74) is 0. The minimum Gasteiger partial charge on any atom is -0.336 e. The molecule has 0 aromatic carbocycles. The van der Waals surface area contributed by atoms with Crippen LogP contribution in [0.2, 0.25) is 0 Å². The van der Waals surface area contributed by atoms with E-state index < -0.39 is 0 Å². The van der Waals surface area contributed by atoms with Gasteiger partial charge in [-0.25, -0.2) is 4.98 Å². The minimum absolute atomic E-state index is 0.0226. The molecule has 0 spiro atoms. The van der Waals surface area contributed by atoms with E-state index in [1.807, 2.05) is 6.20 Å². The number of nitrogens with zero attached hydrogens (tertiary/aromatic N) is 5. The van der Waals surface area contributed by atoms with Crippen molar-refractivity contribution in [3.05, 3.63) is 18.2 Å². The Kier molecular flexibility index (Phi) is 6.93. The molecule has 0 saturated carbocycles. The number of hydrogen-bond donors (Lipinski definition) is 0. The summed E-state index contributed by atoms with van der Waals surface area (Å²) < 4.78 is 2.22. The fourth-order valence-corrected chi connectivity index (χ4v) is 4.74. The topological polar surface area (TPSA) is 44.6 Å². The van der Waals surface area contributed by atoms with E-state index in [-0.39, 0.29) is 6.04 Å². The summed E-state index contributed by atoms with van der Waals surface area (Å²) in [4.78, 5) is 24.8. The first-order valence-electron chi connectivity index (χ1n) is 10.8. The number of likely N-dealkylation sites (tertiary alicyclic amines) is 1. The van der Waals surface area contributed by atoms with Crippen molar-refractivity contribution in [2.24, 2.45) is 0 Å². The van der Waals surface area contributed by atoms with E-state index in [1.165, 1.54) is 6.42 Å². The van der Waals surface area contributed by atoms with Crippen molar-refractivity contribution < 1.29 is 4.79 Å². The zero-order valence-electron chi connectivity index (χ0n) is 17.6. The largest absolute Gasteiger partial charge is 0.336 e. The normalized spacial score (nSPS) is 26.7. The number of imidazole rings is 1. The van der Waals surface area contributed by atoms with Crippen LogP contribution in [-0.2, 0) is 17.9 Å². The number of aromatic nitrogens is 2. The van der Waals surface area contributed by atoms with Gasteiger partial charge in [0.1, 0.15) is 5.82 Å². The Morgan fingerprint density at radius 3 is 2.59 bits per heavy atom. The molecule has 0 N–H and O–H groups in total. The number of carbonyl (C=O) groups is 1. The van der Waals surface area contributed by atoms with Gasteiger partial charge in [0.05, 0.1) is 12.6 Å².